The SMILES string of the molecule is CSCC[C@H](NN1CCOCC1)C(=O)O. The Hall–Kier alpha value is -0.300. The highest BCUT2D eigenvalue weighted by molar-refractivity contribution is 7.98. The molecule has 0 spiro atoms. The largest absolute Gasteiger partial charge is 0.480 e. The number of carboxylic acids is 1. The molecule has 1 rings (SSSR count). The molecule has 1 saturated heterocycles. The van der Waals surface area contributed by atoms with Crippen LogP contribution < -0.4 is 5.43 Å². The fraction of sp³-hybridized carbons (Fsp3) is 0.889. The third kappa shape index (κ3) is 4.83. The van der Waals surface area contributed by atoms with Gasteiger partial charge in [0.15, 0.2) is 0 Å². The first-order valence-corrected chi connectivity index (χ1v) is 6.44. The molecular weight excluding hydrogens is 216 g/mol. The molecule has 6 heteroatoms. The summed E-state index contributed by atoms with van der Waals surface area (Å²) >= 11 is 1.66. The van der Waals surface area contributed by atoms with Gasteiger partial charge < -0.3 is 9.84 Å². The normalized spacial score (nSPS) is 20.1. The summed E-state index contributed by atoms with van der Waals surface area (Å²) in [4.78, 5) is 10.9. The molecule has 5 nitrogen and oxygen atoms in total. The lowest BCUT2D eigenvalue weighted by molar-refractivity contribution is -0.141. The van der Waals surface area contributed by atoms with Gasteiger partial charge in [0.05, 0.1) is 13.2 Å². The van der Waals surface area contributed by atoms with Crippen LogP contribution in [-0.2, 0) is 9.53 Å². The van der Waals surface area contributed by atoms with Crippen molar-refractivity contribution in [2.45, 2.75) is 12.5 Å². The number of rotatable bonds is 6. The zero-order chi connectivity index (χ0) is 11.1. The molecule has 0 bridgehead atoms. The molecule has 0 aromatic carbocycles. The number of hydrazine groups is 1. The Balaban J connectivity index is 2.31. The first kappa shape index (κ1) is 12.8. The smallest absolute Gasteiger partial charge is 0.322 e. The summed E-state index contributed by atoms with van der Waals surface area (Å²) in [5.41, 5.74) is 3.03. The van der Waals surface area contributed by atoms with E-state index in [0.717, 1.165) is 18.8 Å². The number of hydrogen-bond acceptors (Lipinski definition) is 5. The Bertz CT molecular complexity index is 198. The second-order valence-electron chi connectivity index (χ2n) is 3.40. The highest BCUT2D eigenvalue weighted by Crippen LogP contribution is 2.03. The zero-order valence-corrected chi connectivity index (χ0v) is 9.76. The topological polar surface area (TPSA) is 61.8 Å². The first-order chi connectivity index (χ1) is 7.24. The van der Waals surface area contributed by atoms with Crippen molar-refractivity contribution in [3.8, 4) is 0 Å². The summed E-state index contributed by atoms with van der Waals surface area (Å²) in [6.45, 7) is 2.84. The van der Waals surface area contributed by atoms with Gasteiger partial charge in [0.1, 0.15) is 6.04 Å². The summed E-state index contributed by atoms with van der Waals surface area (Å²) in [5, 5.41) is 10.9. The summed E-state index contributed by atoms with van der Waals surface area (Å²) in [7, 11) is 0. The van der Waals surface area contributed by atoms with Crippen molar-refractivity contribution in [1.82, 2.24) is 10.4 Å². The number of nitrogens with one attached hydrogen (secondary N) is 1. The third-order valence-corrected chi connectivity index (χ3v) is 2.90. The van der Waals surface area contributed by atoms with Gasteiger partial charge in [0, 0.05) is 13.1 Å². The number of hydrogen-bond donors (Lipinski definition) is 2. The van der Waals surface area contributed by atoms with Gasteiger partial charge in [-0.2, -0.15) is 11.8 Å². The molecule has 1 atom stereocenters. The average Bonchev–Trinajstić information content (AvgIpc) is 2.25. The maximum Gasteiger partial charge on any atom is 0.322 e. The molecule has 0 saturated carbocycles. The van der Waals surface area contributed by atoms with Crippen LogP contribution in [0.15, 0.2) is 0 Å². The lowest BCUT2D eigenvalue weighted by atomic mass is 10.2. The van der Waals surface area contributed by atoms with E-state index in [4.69, 9.17) is 9.84 Å². The maximum absolute atomic E-state index is 10.9. The predicted octanol–water partition coefficient (Wildman–Crippen LogP) is 0.0295. The summed E-state index contributed by atoms with van der Waals surface area (Å²) < 4.78 is 5.19. The molecule has 2 N–H and O–H groups in total. The van der Waals surface area contributed by atoms with Crippen molar-refractivity contribution in [2.75, 3.05) is 38.3 Å². The Morgan fingerprint density at radius 1 is 1.60 bits per heavy atom. The van der Waals surface area contributed by atoms with E-state index in [2.05, 4.69) is 5.43 Å². The molecule has 0 radical (unpaired) electrons. The van der Waals surface area contributed by atoms with Crippen LogP contribution in [-0.4, -0.2) is 60.4 Å². The van der Waals surface area contributed by atoms with Gasteiger partial charge in [-0.15, -0.1) is 0 Å². The maximum atomic E-state index is 10.9. The molecule has 0 aromatic rings. The van der Waals surface area contributed by atoms with Crippen molar-refractivity contribution in [1.29, 1.82) is 0 Å². The summed E-state index contributed by atoms with van der Waals surface area (Å²) in [5.74, 6) is 0.0736. The van der Waals surface area contributed by atoms with E-state index < -0.39 is 12.0 Å². The van der Waals surface area contributed by atoms with Gasteiger partial charge in [-0.25, -0.2) is 10.4 Å². The van der Waals surface area contributed by atoms with Gasteiger partial charge in [-0.3, -0.25) is 4.79 Å². The number of thioether (sulfide) groups is 1. The minimum atomic E-state index is -0.782. The highest BCUT2D eigenvalue weighted by atomic mass is 32.2. The van der Waals surface area contributed by atoms with E-state index >= 15 is 0 Å². The summed E-state index contributed by atoms with van der Waals surface area (Å²) in [6.07, 6.45) is 2.63. The van der Waals surface area contributed by atoms with Crippen LogP contribution in [0, 0.1) is 0 Å². The molecule has 1 heterocycles. The van der Waals surface area contributed by atoms with Crippen molar-refractivity contribution in [2.24, 2.45) is 0 Å². The van der Waals surface area contributed by atoms with Crippen molar-refractivity contribution < 1.29 is 14.6 Å². The average molecular weight is 234 g/mol. The van der Waals surface area contributed by atoms with Gasteiger partial charge >= 0.3 is 5.97 Å². The van der Waals surface area contributed by atoms with Gasteiger partial charge in [-0.05, 0) is 18.4 Å². The Kier molecular flexibility index (Phi) is 6.00. The fourth-order valence-corrected chi connectivity index (χ4v) is 1.86. The molecule has 0 amide bonds. The lowest BCUT2D eigenvalue weighted by Gasteiger charge is -2.30. The molecule has 1 aliphatic rings. The van der Waals surface area contributed by atoms with Crippen LogP contribution in [0.3, 0.4) is 0 Å². The fourth-order valence-electron chi connectivity index (χ4n) is 1.39. The number of morpholine rings is 1. The van der Waals surface area contributed by atoms with Crippen LogP contribution in [0.25, 0.3) is 0 Å². The molecule has 1 aliphatic heterocycles. The summed E-state index contributed by atoms with van der Waals surface area (Å²) in [6, 6.07) is -0.476. The van der Waals surface area contributed by atoms with Gasteiger partial charge in [0.25, 0.3) is 0 Å². The lowest BCUT2D eigenvalue weighted by Crippen LogP contribution is -2.52. The van der Waals surface area contributed by atoms with E-state index in [9.17, 15) is 4.79 Å². The van der Waals surface area contributed by atoms with E-state index in [0.29, 0.717) is 19.6 Å². The highest BCUT2D eigenvalue weighted by Gasteiger charge is 2.20. The minimum Gasteiger partial charge on any atom is -0.480 e. The molecule has 0 aromatic heterocycles. The molecule has 1 fully saturated rings. The van der Waals surface area contributed by atoms with E-state index in [1.54, 1.807) is 11.8 Å². The van der Waals surface area contributed by atoms with E-state index in [1.165, 1.54) is 0 Å². The Morgan fingerprint density at radius 2 is 2.27 bits per heavy atom. The third-order valence-electron chi connectivity index (χ3n) is 2.26. The first-order valence-electron chi connectivity index (χ1n) is 5.04. The molecular formula is C9H18N2O3S. The molecule has 15 heavy (non-hydrogen) atoms. The minimum absolute atomic E-state index is 0.476. The van der Waals surface area contributed by atoms with Crippen molar-refractivity contribution in [3.05, 3.63) is 0 Å². The predicted molar refractivity (Wildman–Crippen MR) is 60.0 cm³/mol. The van der Waals surface area contributed by atoms with E-state index in [1.807, 2.05) is 11.3 Å². The molecule has 0 aliphatic carbocycles. The van der Waals surface area contributed by atoms with Crippen LogP contribution in [0.1, 0.15) is 6.42 Å². The molecule has 0 unspecified atom stereocenters. The number of nitrogens with zero attached hydrogens (tertiary/aromatic N) is 1. The number of aliphatic carboxylic acids is 1. The van der Waals surface area contributed by atoms with Crippen LogP contribution in [0.4, 0.5) is 0 Å². The number of carbonyl (C=O) groups is 1. The standard InChI is InChI=1S/C9H18N2O3S/c1-15-7-2-8(9(12)13)10-11-3-5-14-6-4-11/h8,10H,2-7H2,1H3,(H,12,13)/t8-/m0/s1. The monoisotopic (exact) mass is 234 g/mol. The second-order valence-corrected chi connectivity index (χ2v) is 4.39. The van der Waals surface area contributed by atoms with Crippen LogP contribution >= 0.6 is 11.8 Å². The van der Waals surface area contributed by atoms with Crippen molar-refractivity contribution in [3.63, 3.8) is 0 Å². The van der Waals surface area contributed by atoms with Crippen LogP contribution in [0.5, 0.6) is 0 Å². The molecule has 88 valence electrons. The Labute approximate surface area is 94.1 Å². The zero-order valence-electron chi connectivity index (χ0n) is 8.94. The van der Waals surface area contributed by atoms with Gasteiger partial charge in [0.2, 0.25) is 0 Å². The Morgan fingerprint density at radius 3 is 2.80 bits per heavy atom. The second kappa shape index (κ2) is 7.05. The van der Waals surface area contributed by atoms with E-state index in [-0.39, 0.29) is 0 Å². The van der Waals surface area contributed by atoms with Gasteiger partial charge in [-0.1, -0.05) is 0 Å². The number of ether oxygens (including phenoxy) is 1. The number of carboxylic acid groups (broad SMARTS) is 1. The van der Waals surface area contributed by atoms with Crippen molar-refractivity contribution >= 4 is 17.7 Å². The quantitative estimate of drug-likeness (QED) is 0.676. The van der Waals surface area contributed by atoms with Crippen LogP contribution in [0.2, 0.25) is 0 Å².